The molecule has 16 heavy (non-hydrogen) atoms. The van der Waals surface area contributed by atoms with Crippen LogP contribution < -0.4 is 5.32 Å². The van der Waals surface area contributed by atoms with Gasteiger partial charge in [-0.1, -0.05) is 24.6 Å². The topological polar surface area (TPSA) is 12.0 Å². The Kier molecular flexibility index (Phi) is 3.88. The number of nitrogens with one attached hydrogen (secondary N) is 1. The van der Waals surface area contributed by atoms with Crippen LogP contribution in [0.25, 0.3) is 0 Å². The third-order valence-electron chi connectivity index (χ3n) is 3.39. The molecule has 0 saturated heterocycles. The Labute approximate surface area is 103 Å². The Morgan fingerprint density at radius 2 is 2.25 bits per heavy atom. The SMILES string of the molecule is CCCNCC1CC1c1ccc(Cl)cc1C. The summed E-state index contributed by atoms with van der Waals surface area (Å²) in [5, 5.41) is 4.35. The first-order chi connectivity index (χ1) is 7.72. The summed E-state index contributed by atoms with van der Waals surface area (Å²) in [7, 11) is 0. The van der Waals surface area contributed by atoms with E-state index in [4.69, 9.17) is 11.6 Å². The molecule has 0 spiro atoms. The van der Waals surface area contributed by atoms with E-state index < -0.39 is 0 Å². The number of aryl methyl sites for hydroxylation is 1. The van der Waals surface area contributed by atoms with Crippen LogP contribution >= 0.6 is 11.6 Å². The lowest BCUT2D eigenvalue weighted by Gasteiger charge is -2.06. The highest BCUT2D eigenvalue weighted by Gasteiger charge is 2.38. The standard InChI is InChI=1S/C14H20ClN/c1-3-6-16-9-11-8-14(11)13-5-4-12(15)7-10(13)2/h4-5,7,11,14,16H,3,6,8-9H2,1-2H3. The quantitative estimate of drug-likeness (QED) is 0.770. The summed E-state index contributed by atoms with van der Waals surface area (Å²) in [6, 6.07) is 6.28. The molecule has 0 heterocycles. The van der Waals surface area contributed by atoms with Gasteiger partial charge in [-0.25, -0.2) is 0 Å². The molecule has 1 N–H and O–H groups in total. The van der Waals surface area contributed by atoms with Crippen molar-refractivity contribution in [3.8, 4) is 0 Å². The predicted octanol–water partition coefficient (Wildman–Crippen LogP) is 3.75. The lowest BCUT2D eigenvalue weighted by Crippen LogP contribution is -2.17. The fourth-order valence-corrected chi connectivity index (χ4v) is 2.60. The van der Waals surface area contributed by atoms with Crippen molar-refractivity contribution in [3.05, 3.63) is 34.3 Å². The van der Waals surface area contributed by atoms with E-state index in [9.17, 15) is 0 Å². The van der Waals surface area contributed by atoms with E-state index in [0.717, 1.165) is 23.4 Å². The molecule has 0 bridgehead atoms. The summed E-state index contributed by atoms with van der Waals surface area (Å²) in [4.78, 5) is 0. The molecule has 0 amide bonds. The van der Waals surface area contributed by atoms with Crippen molar-refractivity contribution in [2.75, 3.05) is 13.1 Å². The molecule has 1 aliphatic rings. The fraction of sp³-hybridized carbons (Fsp3) is 0.571. The van der Waals surface area contributed by atoms with Gasteiger partial charge in [0.1, 0.15) is 0 Å². The summed E-state index contributed by atoms with van der Waals surface area (Å²) in [6.45, 7) is 6.68. The maximum absolute atomic E-state index is 5.97. The number of rotatable bonds is 5. The highest BCUT2D eigenvalue weighted by atomic mass is 35.5. The Morgan fingerprint density at radius 1 is 1.44 bits per heavy atom. The molecular formula is C14H20ClN. The van der Waals surface area contributed by atoms with Crippen molar-refractivity contribution < 1.29 is 0 Å². The lowest BCUT2D eigenvalue weighted by molar-refractivity contribution is 0.619. The van der Waals surface area contributed by atoms with Crippen molar-refractivity contribution in [2.24, 2.45) is 5.92 Å². The van der Waals surface area contributed by atoms with Crippen molar-refractivity contribution >= 4 is 11.6 Å². The van der Waals surface area contributed by atoms with E-state index in [1.165, 1.54) is 30.5 Å². The van der Waals surface area contributed by atoms with E-state index in [2.05, 4.69) is 31.3 Å². The van der Waals surface area contributed by atoms with Gasteiger partial charge < -0.3 is 5.32 Å². The molecule has 1 aromatic rings. The molecule has 1 saturated carbocycles. The Hall–Kier alpha value is -0.530. The molecule has 0 radical (unpaired) electrons. The minimum absolute atomic E-state index is 0.765. The second kappa shape index (κ2) is 5.20. The van der Waals surface area contributed by atoms with Gasteiger partial charge >= 0.3 is 0 Å². The van der Waals surface area contributed by atoms with Crippen molar-refractivity contribution in [1.29, 1.82) is 0 Å². The average Bonchev–Trinajstić information content (AvgIpc) is 2.98. The molecule has 2 unspecified atom stereocenters. The molecule has 1 aromatic carbocycles. The first-order valence-electron chi connectivity index (χ1n) is 6.19. The van der Waals surface area contributed by atoms with E-state index >= 15 is 0 Å². The Morgan fingerprint density at radius 3 is 2.94 bits per heavy atom. The summed E-state index contributed by atoms with van der Waals surface area (Å²) < 4.78 is 0. The molecule has 88 valence electrons. The number of halogens is 1. The molecule has 1 nitrogen and oxygen atoms in total. The summed E-state index contributed by atoms with van der Waals surface area (Å²) in [5.74, 6) is 1.60. The van der Waals surface area contributed by atoms with Crippen LogP contribution in [-0.4, -0.2) is 13.1 Å². The molecule has 2 atom stereocenters. The van der Waals surface area contributed by atoms with Gasteiger partial charge in [-0.05, 0) is 68.0 Å². The zero-order valence-corrected chi connectivity index (χ0v) is 10.8. The van der Waals surface area contributed by atoms with Gasteiger partial charge in [0.15, 0.2) is 0 Å². The Bertz CT molecular complexity index is 362. The fourth-order valence-electron chi connectivity index (χ4n) is 2.37. The van der Waals surface area contributed by atoms with E-state index in [1.807, 2.05) is 6.07 Å². The lowest BCUT2D eigenvalue weighted by atomic mass is 10.0. The third kappa shape index (κ3) is 2.78. The molecule has 0 aromatic heterocycles. The second-order valence-corrected chi connectivity index (χ2v) is 5.24. The molecule has 1 aliphatic carbocycles. The monoisotopic (exact) mass is 237 g/mol. The summed E-state index contributed by atoms with van der Waals surface area (Å²) in [5.41, 5.74) is 2.84. The normalized spacial score (nSPS) is 23.4. The maximum Gasteiger partial charge on any atom is 0.0408 e. The second-order valence-electron chi connectivity index (χ2n) is 4.81. The summed E-state index contributed by atoms with van der Waals surface area (Å²) in [6.07, 6.45) is 2.55. The van der Waals surface area contributed by atoms with Gasteiger partial charge in [-0.3, -0.25) is 0 Å². The minimum Gasteiger partial charge on any atom is -0.316 e. The van der Waals surface area contributed by atoms with Crippen LogP contribution in [-0.2, 0) is 0 Å². The first kappa shape index (κ1) is 11.9. The van der Waals surface area contributed by atoms with Crippen LogP contribution in [0.2, 0.25) is 5.02 Å². The predicted molar refractivity (Wildman–Crippen MR) is 70.2 cm³/mol. The van der Waals surface area contributed by atoms with Crippen molar-refractivity contribution in [2.45, 2.75) is 32.6 Å². The van der Waals surface area contributed by atoms with Gasteiger partial charge in [-0.15, -0.1) is 0 Å². The largest absolute Gasteiger partial charge is 0.316 e. The first-order valence-corrected chi connectivity index (χ1v) is 6.57. The van der Waals surface area contributed by atoms with Crippen LogP contribution in [0.5, 0.6) is 0 Å². The number of hydrogen-bond donors (Lipinski definition) is 1. The molecule has 0 aliphatic heterocycles. The van der Waals surface area contributed by atoms with Crippen LogP contribution in [0.15, 0.2) is 18.2 Å². The smallest absolute Gasteiger partial charge is 0.0408 e. The van der Waals surface area contributed by atoms with Gasteiger partial charge in [0.25, 0.3) is 0 Å². The van der Waals surface area contributed by atoms with Crippen LogP contribution in [0.1, 0.15) is 36.8 Å². The highest BCUT2D eigenvalue weighted by Crippen LogP contribution is 2.48. The zero-order valence-electron chi connectivity index (χ0n) is 10.1. The van der Waals surface area contributed by atoms with Gasteiger partial charge in [0.05, 0.1) is 0 Å². The Balaban J connectivity index is 1.90. The number of hydrogen-bond acceptors (Lipinski definition) is 1. The molecular weight excluding hydrogens is 218 g/mol. The summed E-state index contributed by atoms with van der Waals surface area (Å²) >= 11 is 5.97. The highest BCUT2D eigenvalue weighted by molar-refractivity contribution is 6.30. The van der Waals surface area contributed by atoms with Crippen LogP contribution in [0, 0.1) is 12.8 Å². The van der Waals surface area contributed by atoms with E-state index in [1.54, 1.807) is 0 Å². The molecule has 2 heteroatoms. The third-order valence-corrected chi connectivity index (χ3v) is 3.62. The van der Waals surface area contributed by atoms with E-state index in [0.29, 0.717) is 0 Å². The number of benzene rings is 1. The zero-order chi connectivity index (χ0) is 11.5. The van der Waals surface area contributed by atoms with E-state index in [-0.39, 0.29) is 0 Å². The molecule has 1 fully saturated rings. The maximum atomic E-state index is 5.97. The van der Waals surface area contributed by atoms with Gasteiger partial charge in [0.2, 0.25) is 0 Å². The molecule has 2 rings (SSSR count). The van der Waals surface area contributed by atoms with Crippen LogP contribution in [0.4, 0.5) is 0 Å². The van der Waals surface area contributed by atoms with Crippen molar-refractivity contribution in [1.82, 2.24) is 5.32 Å². The average molecular weight is 238 g/mol. The van der Waals surface area contributed by atoms with Crippen LogP contribution in [0.3, 0.4) is 0 Å². The van der Waals surface area contributed by atoms with Gasteiger partial charge in [0, 0.05) is 5.02 Å². The minimum atomic E-state index is 0.765. The van der Waals surface area contributed by atoms with Gasteiger partial charge in [-0.2, -0.15) is 0 Å². The van der Waals surface area contributed by atoms with Crippen molar-refractivity contribution in [3.63, 3.8) is 0 Å².